The molecule has 116 valence electrons. The minimum atomic E-state index is -1.04. The summed E-state index contributed by atoms with van der Waals surface area (Å²) in [6, 6.07) is 5.06. The van der Waals surface area contributed by atoms with Gasteiger partial charge >= 0.3 is 5.97 Å². The van der Waals surface area contributed by atoms with Gasteiger partial charge in [-0.15, -0.1) is 0 Å². The second-order valence-electron chi connectivity index (χ2n) is 5.50. The third-order valence-corrected chi connectivity index (χ3v) is 3.91. The standard InChI is InChI=1S/C16H23FN2O2/c17-14-8-2-1-7-13(14)15(16(20)21)18-9-3-4-10-19-11-5-6-12-19/h1-2,7-8,15,18H,3-6,9-12H2,(H,20,21). The highest BCUT2D eigenvalue weighted by Gasteiger charge is 2.21. The first-order valence-corrected chi connectivity index (χ1v) is 7.61. The summed E-state index contributed by atoms with van der Waals surface area (Å²) < 4.78 is 13.7. The minimum absolute atomic E-state index is 0.199. The molecule has 1 aliphatic heterocycles. The van der Waals surface area contributed by atoms with Crippen molar-refractivity contribution in [2.75, 3.05) is 26.2 Å². The smallest absolute Gasteiger partial charge is 0.325 e. The van der Waals surface area contributed by atoms with Crippen molar-refractivity contribution in [1.82, 2.24) is 10.2 Å². The zero-order chi connectivity index (χ0) is 15.1. The molecule has 0 aromatic heterocycles. The Morgan fingerprint density at radius 3 is 2.67 bits per heavy atom. The molecule has 0 bridgehead atoms. The van der Waals surface area contributed by atoms with Gasteiger partial charge in [-0.25, -0.2) is 4.39 Å². The van der Waals surface area contributed by atoms with Gasteiger partial charge < -0.3 is 15.3 Å². The highest BCUT2D eigenvalue weighted by atomic mass is 19.1. The first kappa shape index (κ1) is 15.9. The fraction of sp³-hybridized carbons (Fsp3) is 0.562. The van der Waals surface area contributed by atoms with Gasteiger partial charge in [0.2, 0.25) is 0 Å². The molecule has 1 aromatic rings. The molecule has 1 aromatic carbocycles. The van der Waals surface area contributed by atoms with E-state index in [2.05, 4.69) is 10.2 Å². The number of hydrogen-bond acceptors (Lipinski definition) is 3. The summed E-state index contributed by atoms with van der Waals surface area (Å²) in [7, 11) is 0. The molecule has 4 nitrogen and oxygen atoms in total. The van der Waals surface area contributed by atoms with E-state index >= 15 is 0 Å². The Kier molecular flexibility index (Phi) is 6.14. The molecule has 2 N–H and O–H groups in total. The lowest BCUT2D eigenvalue weighted by Crippen LogP contribution is -2.30. The van der Waals surface area contributed by atoms with Gasteiger partial charge in [0, 0.05) is 5.56 Å². The first-order valence-electron chi connectivity index (χ1n) is 7.61. The Hall–Kier alpha value is -1.46. The van der Waals surface area contributed by atoms with E-state index < -0.39 is 17.8 Å². The molecule has 5 heteroatoms. The van der Waals surface area contributed by atoms with Crippen molar-refractivity contribution in [3.05, 3.63) is 35.6 Å². The van der Waals surface area contributed by atoms with Crippen LogP contribution < -0.4 is 5.32 Å². The van der Waals surface area contributed by atoms with Gasteiger partial charge in [-0.2, -0.15) is 0 Å². The second-order valence-corrected chi connectivity index (χ2v) is 5.50. The summed E-state index contributed by atoms with van der Waals surface area (Å²) in [6.45, 7) is 4.01. The first-order chi connectivity index (χ1) is 10.2. The number of benzene rings is 1. The van der Waals surface area contributed by atoms with Crippen LogP contribution in [0.1, 0.15) is 37.3 Å². The molecular formula is C16H23FN2O2. The topological polar surface area (TPSA) is 52.6 Å². The van der Waals surface area contributed by atoms with Gasteiger partial charge in [0.1, 0.15) is 11.9 Å². The van der Waals surface area contributed by atoms with Crippen LogP contribution in [0, 0.1) is 5.82 Å². The summed E-state index contributed by atoms with van der Waals surface area (Å²) in [5.74, 6) is -1.52. The van der Waals surface area contributed by atoms with Gasteiger partial charge in [-0.1, -0.05) is 18.2 Å². The molecule has 0 saturated carbocycles. The van der Waals surface area contributed by atoms with Crippen LogP contribution in [0.4, 0.5) is 4.39 Å². The van der Waals surface area contributed by atoms with E-state index in [1.807, 2.05) is 0 Å². The maximum atomic E-state index is 13.7. The SMILES string of the molecule is O=C(O)C(NCCCCN1CCCC1)c1ccccc1F. The minimum Gasteiger partial charge on any atom is -0.480 e. The molecule has 1 aliphatic rings. The van der Waals surface area contributed by atoms with Crippen molar-refractivity contribution in [3.63, 3.8) is 0 Å². The molecule has 1 unspecified atom stereocenters. The molecule has 0 radical (unpaired) electrons. The number of hydrogen-bond donors (Lipinski definition) is 2. The third kappa shape index (κ3) is 4.79. The normalized spacial score (nSPS) is 17.0. The zero-order valence-corrected chi connectivity index (χ0v) is 12.2. The lowest BCUT2D eigenvalue weighted by atomic mass is 10.1. The van der Waals surface area contributed by atoms with Crippen molar-refractivity contribution >= 4 is 5.97 Å². The summed E-state index contributed by atoms with van der Waals surface area (Å²) in [5.41, 5.74) is 0.199. The Morgan fingerprint density at radius 1 is 1.29 bits per heavy atom. The monoisotopic (exact) mass is 294 g/mol. The quantitative estimate of drug-likeness (QED) is 0.723. The zero-order valence-electron chi connectivity index (χ0n) is 12.2. The Morgan fingerprint density at radius 2 is 2.00 bits per heavy atom. The lowest BCUT2D eigenvalue weighted by Gasteiger charge is -2.17. The number of unbranched alkanes of at least 4 members (excludes halogenated alkanes) is 1. The van der Waals surface area contributed by atoms with Crippen LogP contribution in [0.25, 0.3) is 0 Å². The predicted octanol–water partition coefficient (Wildman–Crippen LogP) is 2.42. The number of carboxylic acids is 1. The molecule has 2 rings (SSSR count). The predicted molar refractivity (Wildman–Crippen MR) is 79.7 cm³/mol. The number of halogens is 1. The maximum Gasteiger partial charge on any atom is 0.325 e. The summed E-state index contributed by atoms with van der Waals surface area (Å²) >= 11 is 0. The molecule has 0 spiro atoms. The van der Waals surface area contributed by atoms with Crippen LogP contribution in [0.5, 0.6) is 0 Å². The summed E-state index contributed by atoms with van der Waals surface area (Å²) in [6.07, 6.45) is 4.50. The van der Waals surface area contributed by atoms with Crippen molar-refractivity contribution < 1.29 is 14.3 Å². The second kappa shape index (κ2) is 8.10. The fourth-order valence-corrected chi connectivity index (χ4v) is 2.75. The van der Waals surface area contributed by atoms with Gasteiger partial charge in [0.05, 0.1) is 0 Å². The highest BCUT2D eigenvalue weighted by molar-refractivity contribution is 5.75. The van der Waals surface area contributed by atoms with E-state index in [1.165, 1.54) is 38.1 Å². The molecule has 0 aliphatic carbocycles. The Labute approximate surface area is 125 Å². The number of nitrogens with zero attached hydrogens (tertiary/aromatic N) is 1. The number of carbonyl (C=O) groups is 1. The van der Waals surface area contributed by atoms with Crippen molar-refractivity contribution in [1.29, 1.82) is 0 Å². The van der Waals surface area contributed by atoms with Crippen molar-refractivity contribution in [3.8, 4) is 0 Å². The molecule has 21 heavy (non-hydrogen) atoms. The van der Waals surface area contributed by atoms with Crippen LogP contribution in [0.15, 0.2) is 24.3 Å². The molecule has 1 saturated heterocycles. The van der Waals surface area contributed by atoms with Crippen LogP contribution in [-0.4, -0.2) is 42.2 Å². The largest absolute Gasteiger partial charge is 0.480 e. The molecule has 1 atom stereocenters. The maximum absolute atomic E-state index is 13.7. The number of likely N-dealkylation sites (tertiary alicyclic amines) is 1. The average Bonchev–Trinajstić information content (AvgIpc) is 2.97. The van der Waals surface area contributed by atoms with E-state index in [9.17, 15) is 14.3 Å². The summed E-state index contributed by atoms with van der Waals surface area (Å²) in [5, 5.41) is 12.2. The van der Waals surface area contributed by atoms with E-state index in [0.29, 0.717) is 6.54 Å². The van der Waals surface area contributed by atoms with Gasteiger partial charge in [0.15, 0.2) is 0 Å². The average molecular weight is 294 g/mol. The highest BCUT2D eigenvalue weighted by Crippen LogP contribution is 2.17. The van der Waals surface area contributed by atoms with E-state index in [4.69, 9.17) is 0 Å². The van der Waals surface area contributed by atoms with E-state index in [-0.39, 0.29) is 5.56 Å². The molecular weight excluding hydrogens is 271 g/mol. The van der Waals surface area contributed by atoms with Gasteiger partial charge in [0.25, 0.3) is 0 Å². The van der Waals surface area contributed by atoms with Crippen molar-refractivity contribution in [2.24, 2.45) is 0 Å². The fourth-order valence-electron chi connectivity index (χ4n) is 2.75. The van der Waals surface area contributed by atoms with E-state index in [1.54, 1.807) is 12.1 Å². The summed E-state index contributed by atoms with van der Waals surface area (Å²) in [4.78, 5) is 13.7. The number of aliphatic carboxylic acids is 1. The molecule has 1 fully saturated rings. The van der Waals surface area contributed by atoms with E-state index in [0.717, 1.165) is 19.4 Å². The van der Waals surface area contributed by atoms with Crippen LogP contribution in [-0.2, 0) is 4.79 Å². The molecule has 1 heterocycles. The number of rotatable bonds is 8. The third-order valence-electron chi connectivity index (χ3n) is 3.91. The van der Waals surface area contributed by atoms with Crippen LogP contribution >= 0.6 is 0 Å². The number of nitrogens with one attached hydrogen (secondary N) is 1. The van der Waals surface area contributed by atoms with Gasteiger partial charge in [-0.3, -0.25) is 4.79 Å². The Bertz CT molecular complexity index is 461. The molecule has 0 amide bonds. The Balaban J connectivity index is 1.75. The lowest BCUT2D eigenvalue weighted by molar-refractivity contribution is -0.139. The van der Waals surface area contributed by atoms with Crippen molar-refractivity contribution in [2.45, 2.75) is 31.7 Å². The van der Waals surface area contributed by atoms with Crippen LogP contribution in [0.2, 0.25) is 0 Å². The number of carboxylic acid groups (broad SMARTS) is 1. The van der Waals surface area contributed by atoms with Gasteiger partial charge in [-0.05, 0) is 57.9 Å². The van der Waals surface area contributed by atoms with Crippen LogP contribution in [0.3, 0.4) is 0 Å².